The first-order valence-electron chi connectivity index (χ1n) is 6.76. The van der Waals surface area contributed by atoms with E-state index in [9.17, 15) is 5.11 Å². The Morgan fingerprint density at radius 3 is 2.89 bits per heavy atom. The van der Waals surface area contributed by atoms with Crippen LogP contribution in [0, 0.1) is 0 Å². The van der Waals surface area contributed by atoms with Crippen LogP contribution in [0.5, 0.6) is 5.75 Å². The second kappa shape index (κ2) is 4.25. The first-order chi connectivity index (χ1) is 8.60. The third-order valence-electron chi connectivity index (χ3n) is 4.51. The Bertz CT molecular complexity index is 448. The van der Waals surface area contributed by atoms with Crippen LogP contribution in [0.4, 0.5) is 0 Å². The molecule has 0 aromatic heterocycles. The zero-order valence-corrected chi connectivity index (χ0v) is 11.1. The van der Waals surface area contributed by atoms with E-state index in [1.165, 1.54) is 0 Å². The molecule has 1 saturated heterocycles. The quantitative estimate of drug-likeness (QED) is 0.764. The number of hydrogen-bond acceptors (Lipinski definition) is 3. The molecule has 0 saturated carbocycles. The number of benzene rings is 1. The maximum atomic E-state index is 10.3. The Kier molecular flexibility index (Phi) is 2.83. The van der Waals surface area contributed by atoms with Crippen LogP contribution >= 0.6 is 0 Å². The van der Waals surface area contributed by atoms with Crippen LogP contribution in [0.3, 0.4) is 0 Å². The molecule has 1 spiro atoms. The van der Waals surface area contributed by atoms with Gasteiger partial charge in [-0.05, 0) is 26.5 Å². The first kappa shape index (κ1) is 12.0. The highest BCUT2D eigenvalue weighted by molar-refractivity contribution is 5.38. The minimum Gasteiger partial charge on any atom is -0.487 e. The van der Waals surface area contributed by atoms with Crippen LogP contribution in [-0.2, 0) is 0 Å². The van der Waals surface area contributed by atoms with Crippen LogP contribution in [0.1, 0.15) is 37.9 Å². The van der Waals surface area contributed by atoms with Crippen molar-refractivity contribution in [2.24, 2.45) is 0 Å². The molecule has 0 bridgehead atoms. The summed E-state index contributed by atoms with van der Waals surface area (Å²) >= 11 is 0. The number of likely N-dealkylation sites (tertiary alicyclic amines) is 1. The van der Waals surface area contributed by atoms with E-state index in [-0.39, 0.29) is 11.7 Å². The molecule has 3 atom stereocenters. The number of fused-ring (bicyclic) bond motifs is 1. The summed E-state index contributed by atoms with van der Waals surface area (Å²) in [4.78, 5) is 2.36. The van der Waals surface area contributed by atoms with Gasteiger partial charge in [0, 0.05) is 31.0 Å². The molecule has 3 heteroatoms. The first-order valence-corrected chi connectivity index (χ1v) is 6.76. The van der Waals surface area contributed by atoms with Gasteiger partial charge < -0.3 is 14.7 Å². The van der Waals surface area contributed by atoms with E-state index >= 15 is 0 Å². The van der Waals surface area contributed by atoms with E-state index in [0.29, 0.717) is 6.04 Å². The second-order valence-corrected chi connectivity index (χ2v) is 5.83. The predicted molar refractivity (Wildman–Crippen MR) is 70.7 cm³/mol. The molecule has 2 aliphatic rings. The molecule has 0 amide bonds. The van der Waals surface area contributed by atoms with Gasteiger partial charge in [0.05, 0.1) is 6.10 Å². The lowest BCUT2D eigenvalue weighted by atomic mass is 9.79. The van der Waals surface area contributed by atoms with Crippen molar-refractivity contribution >= 4 is 0 Å². The predicted octanol–water partition coefficient (Wildman–Crippen LogP) is 2.36. The second-order valence-electron chi connectivity index (χ2n) is 5.83. The summed E-state index contributed by atoms with van der Waals surface area (Å²) in [5, 5.41) is 10.3. The van der Waals surface area contributed by atoms with Gasteiger partial charge >= 0.3 is 0 Å². The molecule has 98 valence electrons. The summed E-state index contributed by atoms with van der Waals surface area (Å²) in [5.74, 6) is 0.869. The largest absolute Gasteiger partial charge is 0.487 e. The van der Waals surface area contributed by atoms with Gasteiger partial charge in [0.25, 0.3) is 0 Å². The number of hydrogen-bond donors (Lipinski definition) is 1. The van der Waals surface area contributed by atoms with E-state index < -0.39 is 0 Å². The highest BCUT2D eigenvalue weighted by atomic mass is 16.5. The Hall–Kier alpha value is -1.06. The maximum Gasteiger partial charge on any atom is 0.125 e. The van der Waals surface area contributed by atoms with Crippen LogP contribution in [-0.4, -0.2) is 35.2 Å². The zero-order valence-electron chi connectivity index (χ0n) is 11.1. The lowest BCUT2D eigenvalue weighted by Crippen LogP contribution is -2.52. The monoisotopic (exact) mass is 247 g/mol. The normalized spacial score (nSPS) is 36.2. The summed E-state index contributed by atoms with van der Waals surface area (Å²) in [5.41, 5.74) is 0.773. The topological polar surface area (TPSA) is 32.7 Å². The molecule has 3 nitrogen and oxygen atoms in total. The van der Waals surface area contributed by atoms with Crippen molar-refractivity contribution in [2.45, 2.75) is 43.9 Å². The van der Waals surface area contributed by atoms with Gasteiger partial charge in [-0.1, -0.05) is 18.2 Å². The Morgan fingerprint density at radius 2 is 2.11 bits per heavy atom. The number of nitrogens with zero attached hydrogens (tertiary/aromatic N) is 1. The van der Waals surface area contributed by atoms with E-state index in [2.05, 4.69) is 18.9 Å². The fraction of sp³-hybridized carbons (Fsp3) is 0.600. The molecule has 0 radical (unpaired) electrons. The highest BCUT2D eigenvalue weighted by Gasteiger charge is 2.44. The zero-order chi connectivity index (χ0) is 12.8. The van der Waals surface area contributed by atoms with Crippen molar-refractivity contribution in [3.63, 3.8) is 0 Å². The lowest BCUT2D eigenvalue weighted by molar-refractivity contribution is -0.0645. The minimum absolute atomic E-state index is 0.167. The van der Waals surface area contributed by atoms with Gasteiger partial charge in [-0.2, -0.15) is 0 Å². The van der Waals surface area contributed by atoms with Crippen molar-refractivity contribution in [1.82, 2.24) is 4.90 Å². The number of rotatable bonds is 0. The molecule has 1 fully saturated rings. The number of aliphatic hydroxyl groups excluding tert-OH is 1. The smallest absolute Gasteiger partial charge is 0.125 e. The third kappa shape index (κ3) is 1.91. The van der Waals surface area contributed by atoms with Gasteiger partial charge in [0.2, 0.25) is 0 Å². The van der Waals surface area contributed by atoms with Crippen molar-refractivity contribution in [2.75, 3.05) is 13.6 Å². The molecule has 1 N–H and O–H groups in total. The fourth-order valence-electron chi connectivity index (χ4n) is 3.26. The molecule has 2 aliphatic heterocycles. The van der Waals surface area contributed by atoms with E-state index in [0.717, 1.165) is 37.1 Å². The minimum atomic E-state index is -0.384. The summed E-state index contributed by atoms with van der Waals surface area (Å²) < 4.78 is 6.26. The molecule has 2 unspecified atom stereocenters. The SMILES string of the molecule is CC1CC2(CCN1C)C[C@@H](O)c1ccccc1O2. The van der Waals surface area contributed by atoms with Gasteiger partial charge in [-0.25, -0.2) is 0 Å². The van der Waals surface area contributed by atoms with E-state index in [4.69, 9.17) is 4.74 Å². The molecular formula is C15H21NO2. The molecule has 1 aromatic carbocycles. The summed E-state index contributed by atoms with van der Waals surface area (Å²) in [6.07, 6.45) is 2.33. The molecule has 3 rings (SSSR count). The van der Waals surface area contributed by atoms with Gasteiger partial charge in [0.1, 0.15) is 11.4 Å². The number of piperidine rings is 1. The molecule has 0 aliphatic carbocycles. The Morgan fingerprint density at radius 1 is 1.33 bits per heavy atom. The van der Waals surface area contributed by atoms with Crippen LogP contribution < -0.4 is 4.74 Å². The lowest BCUT2D eigenvalue weighted by Gasteiger charge is -2.47. The Balaban J connectivity index is 1.89. The van der Waals surface area contributed by atoms with Gasteiger partial charge in [0.15, 0.2) is 0 Å². The average molecular weight is 247 g/mol. The van der Waals surface area contributed by atoms with Crippen LogP contribution in [0.25, 0.3) is 0 Å². The number of ether oxygens (including phenoxy) is 1. The summed E-state index contributed by atoms with van der Waals surface area (Å²) in [6.45, 7) is 3.27. The Labute approximate surface area is 108 Å². The fourth-order valence-corrected chi connectivity index (χ4v) is 3.26. The van der Waals surface area contributed by atoms with Crippen molar-refractivity contribution in [1.29, 1.82) is 0 Å². The maximum absolute atomic E-state index is 10.3. The van der Waals surface area contributed by atoms with E-state index in [1.54, 1.807) is 0 Å². The van der Waals surface area contributed by atoms with Crippen LogP contribution in [0.15, 0.2) is 24.3 Å². The van der Waals surface area contributed by atoms with Crippen molar-refractivity contribution in [3.05, 3.63) is 29.8 Å². The molecule has 2 heterocycles. The summed E-state index contributed by atoms with van der Waals surface area (Å²) in [7, 11) is 2.16. The number of para-hydroxylation sites is 1. The van der Waals surface area contributed by atoms with Gasteiger partial charge in [-0.15, -0.1) is 0 Å². The van der Waals surface area contributed by atoms with E-state index in [1.807, 2.05) is 24.3 Å². The molecular weight excluding hydrogens is 226 g/mol. The highest BCUT2D eigenvalue weighted by Crippen LogP contribution is 2.44. The number of aliphatic hydroxyl groups is 1. The van der Waals surface area contributed by atoms with Gasteiger partial charge in [-0.3, -0.25) is 0 Å². The van der Waals surface area contributed by atoms with Crippen molar-refractivity contribution < 1.29 is 9.84 Å². The van der Waals surface area contributed by atoms with Crippen LogP contribution in [0.2, 0.25) is 0 Å². The third-order valence-corrected chi connectivity index (χ3v) is 4.51. The molecule has 18 heavy (non-hydrogen) atoms. The standard InChI is InChI=1S/C15H21NO2/c1-11-9-15(7-8-16(11)2)10-13(17)12-5-3-4-6-14(12)18-15/h3-6,11,13,17H,7-10H2,1-2H3/t11?,13-,15?/m1/s1. The summed E-state index contributed by atoms with van der Waals surface area (Å²) in [6, 6.07) is 8.38. The molecule has 1 aromatic rings. The van der Waals surface area contributed by atoms with Crippen molar-refractivity contribution in [3.8, 4) is 5.75 Å². The average Bonchev–Trinajstić information content (AvgIpc) is 2.35.